The lowest BCUT2D eigenvalue weighted by Crippen LogP contribution is -2.45. The van der Waals surface area contributed by atoms with E-state index in [9.17, 15) is 4.79 Å². The first-order valence-electron chi connectivity index (χ1n) is 8.67. The number of ether oxygens (including phenoxy) is 1. The molecular weight excluding hydrogens is 401 g/mol. The Morgan fingerprint density at radius 1 is 1.25 bits per heavy atom. The first-order chi connectivity index (χ1) is 13.5. The van der Waals surface area contributed by atoms with E-state index >= 15 is 0 Å². The molecule has 0 saturated carbocycles. The van der Waals surface area contributed by atoms with Gasteiger partial charge in [0.05, 0.1) is 29.3 Å². The predicted octanol–water partition coefficient (Wildman–Crippen LogP) is 3.70. The summed E-state index contributed by atoms with van der Waals surface area (Å²) in [5.74, 6) is 1.84. The molecular formula is C19H17Cl2N5O2. The standard InChI is InChI=1S/C19H17Cl2N5O2/c1-11-9-26-16(23-24-18(26)15-8-12(28-2)6-7-22-15)10-25(11)19(27)13-4-3-5-14(20)17(13)21/h3-8,11H,9-10H2,1-2H3. The molecule has 0 spiro atoms. The Morgan fingerprint density at radius 2 is 2.07 bits per heavy atom. The third kappa shape index (κ3) is 3.21. The average molecular weight is 418 g/mol. The molecule has 3 heterocycles. The molecule has 0 aliphatic carbocycles. The molecule has 1 amide bonds. The number of hydrogen-bond donors (Lipinski definition) is 0. The van der Waals surface area contributed by atoms with E-state index in [1.54, 1.807) is 42.5 Å². The van der Waals surface area contributed by atoms with Crippen molar-refractivity contribution in [1.82, 2.24) is 24.6 Å². The normalized spacial score (nSPS) is 16.0. The number of pyridine rings is 1. The summed E-state index contributed by atoms with van der Waals surface area (Å²) in [6.07, 6.45) is 1.67. The van der Waals surface area contributed by atoms with E-state index in [1.807, 2.05) is 17.6 Å². The number of carbonyl (C=O) groups excluding carboxylic acids is 1. The molecule has 144 valence electrons. The number of benzene rings is 1. The van der Waals surface area contributed by atoms with Gasteiger partial charge in [0, 0.05) is 24.8 Å². The summed E-state index contributed by atoms with van der Waals surface area (Å²) >= 11 is 12.3. The maximum absolute atomic E-state index is 13.0. The van der Waals surface area contributed by atoms with Crippen molar-refractivity contribution in [3.8, 4) is 17.3 Å². The Labute approximate surface area is 171 Å². The minimum absolute atomic E-state index is 0.0876. The van der Waals surface area contributed by atoms with Crippen molar-refractivity contribution >= 4 is 29.1 Å². The summed E-state index contributed by atoms with van der Waals surface area (Å²) in [5.41, 5.74) is 1.05. The maximum Gasteiger partial charge on any atom is 0.256 e. The second kappa shape index (κ2) is 7.41. The van der Waals surface area contributed by atoms with Gasteiger partial charge in [-0.1, -0.05) is 29.3 Å². The van der Waals surface area contributed by atoms with Crippen molar-refractivity contribution in [3.05, 3.63) is 58.0 Å². The lowest BCUT2D eigenvalue weighted by Gasteiger charge is -2.34. The Balaban J connectivity index is 1.66. The van der Waals surface area contributed by atoms with Crippen LogP contribution in [0.1, 0.15) is 23.1 Å². The number of nitrogens with zero attached hydrogens (tertiary/aromatic N) is 5. The molecule has 4 rings (SSSR count). The molecule has 0 fully saturated rings. The zero-order chi connectivity index (χ0) is 19.8. The van der Waals surface area contributed by atoms with Crippen LogP contribution in [0.2, 0.25) is 10.0 Å². The Bertz CT molecular complexity index is 1050. The number of methoxy groups -OCH3 is 1. The fraction of sp³-hybridized carbons (Fsp3) is 0.263. The van der Waals surface area contributed by atoms with Gasteiger partial charge in [0.25, 0.3) is 5.91 Å². The molecule has 7 nitrogen and oxygen atoms in total. The van der Waals surface area contributed by atoms with Crippen LogP contribution in [0.25, 0.3) is 11.5 Å². The zero-order valence-electron chi connectivity index (χ0n) is 15.3. The topological polar surface area (TPSA) is 73.1 Å². The van der Waals surface area contributed by atoms with E-state index < -0.39 is 0 Å². The number of fused-ring (bicyclic) bond motifs is 1. The molecule has 9 heteroatoms. The molecule has 3 aromatic rings. The largest absolute Gasteiger partial charge is 0.497 e. The second-order valence-electron chi connectivity index (χ2n) is 6.51. The Hall–Kier alpha value is -2.64. The highest BCUT2D eigenvalue weighted by molar-refractivity contribution is 6.43. The molecule has 1 aliphatic heterocycles. The quantitative estimate of drug-likeness (QED) is 0.649. The minimum atomic E-state index is -0.185. The number of carbonyl (C=O) groups is 1. The van der Waals surface area contributed by atoms with Gasteiger partial charge in [0.15, 0.2) is 11.6 Å². The molecule has 1 aliphatic rings. The molecule has 1 atom stereocenters. The number of hydrogen-bond acceptors (Lipinski definition) is 5. The molecule has 2 aromatic heterocycles. The van der Waals surface area contributed by atoms with Crippen LogP contribution in [0.4, 0.5) is 0 Å². The summed E-state index contributed by atoms with van der Waals surface area (Å²) in [5, 5.41) is 9.17. The van der Waals surface area contributed by atoms with Crippen LogP contribution in [0.5, 0.6) is 5.75 Å². The summed E-state index contributed by atoms with van der Waals surface area (Å²) in [6.45, 7) is 2.84. The molecule has 0 radical (unpaired) electrons. The van der Waals surface area contributed by atoms with Crippen molar-refractivity contribution in [1.29, 1.82) is 0 Å². The third-order valence-electron chi connectivity index (χ3n) is 4.76. The van der Waals surface area contributed by atoms with Crippen LogP contribution >= 0.6 is 23.2 Å². The smallest absolute Gasteiger partial charge is 0.256 e. The molecule has 0 N–H and O–H groups in total. The van der Waals surface area contributed by atoms with Gasteiger partial charge in [-0.2, -0.15) is 0 Å². The maximum atomic E-state index is 13.0. The SMILES string of the molecule is COc1ccnc(-c2nnc3n2CC(C)N(C(=O)c2cccc(Cl)c2Cl)C3)c1. The second-order valence-corrected chi connectivity index (χ2v) is 7.30. The predicted molar refractivity (Wildman–Crippen MR) is 106 cm³/mol. The summed E-state index contributed by atoms with van der Waals surface area (Å²) in [7, 11) is 1.60. The van der Waals surface area contributed by atoms with Crippen LogP contribution in [0.3, 0.4) is 0 Å². The third-order valence-corrected chi connectivity index (χ3v) is 5.58. The van der Waals surface area contributed by atoms with Gasteiger partial charge in [-0.05, 0) is 25.1 Å². The first-order valence-corrected chi connectivity index (χ1v) is 9.42. The highest BCUT2D eigenvalue weighted by atomic mass is 35.5. The highest BCUT2D eigenvalue weighted by Crippen LogP contribution is 2.30. The van der Waals surface area contributed by atoms with Crippen molar-refractivity contribution in [2.24, 2.45) is 0 Å². The van der Waals surface area contributed by atoms with E-state index in [-0.39, 0.29) is 17.0 Å². The van der Waals surface area contributed by atoms with Gasteiger partial charge in [-0.25, -0.2) is 0 Å². The van der Waals surface area contributed by atoms with Gasteiger partial charge < -0.3 is 14.2 Å². The summed E-state index contributed by atoms with van der Waals surface area (Å²) in [6, 6.07) is 8.54. The summed E-state index contributed by atoms with van der Waals surface area (Å²) in [4.78, 5) is 19.1. The first kappa shape index (κ1) is 18.7. The fourth-order valence-corrected chi connectivity index (χ4v) is 3.64. The van der Waals surface area contributed by atoms with Gasteiger partial charge in [-0.3, -0.25) is 9.78 Å². The van der Waals surface area contributed by atoms with Crippen molar-refractivity contribution < 1.29 is 9.53 Å². The zero-order valence-corrected chi connectivity index (χ0v) is 16.8. The number of rotatable bonds is 3. The van der Waals surface area contributed by atoms with Gasteiger partial charge in [0.1, 0.15) is 11.4 Å². The molecule has 1 aromatic carbocycles. The molecule has 0 saturated heterocycles. The highest BCUT2D eigenvalue weighted by Gasteiger charge is 2.32. The van der Waals surface area contributed by atoms with Crippen LogP contribution in [-0.2, 0) is 13.1 Å². The Kier molecular flexibility index (Phi) is 4.95. The van der Waals surface area contributed by atoms with E-state index in [2.05, 4.69) is 15.2 Å². The van der Waals surface area contributed by atoms with Crippen LogP contribution < -0.4 is 4.74 Å². The average Bonchev–Trinajstić information content (AvgIpc) is 3.11. The van der Waals surface area contributed by atoms with Crippen LogP contribution in [0.15, 0.2) is 36.5 Å². The van der Waals surface area contributed by atoms with Crippen molar-refractivity contribution in [2.75, 3.05) is 7.11 Å². The molecule has 1 unspecified atom stereocenters. The van der Waals surface area contributed by atoms with Gasteiger partial charge in [-0.15, -0.1) is 10.2 Å². The fourth-order valence-electron chi connectivity index (χ4n) is 3.26. The van der Waals surface area contributed by atoms with E-state index in [4.69, 9.17) is 27.9 Å². The van der Waals surface area contributed by atoms with Crippen LogP contribution in [-0.4, -0.2) is 43.7 Å². The van der Waals surface area contributed by atoms with E-state index in [0.717, 1.165) is 0 Å². The number of halogens is 2. The molecule has 0 bridgehead atoms. The minimum Gasteiger partial charge on any atom is -0.497 e. The van der Waals surface area contributed by atoms with E-state index in [1.165, 1.54) is 0 Å². The lowest BCUT2D eigenvalue weighted by atomic mass is 10.1. The van der Waals surface area contributed by atoms with E-state index in [0.29, 0.717) is 46.8 Å². The van der Waals surface area contributed by atoms with Crippen molar-refractivity contribution in [2.45, 2.75) is 26.1 Å². The van der Waals surface area contributed by atoms with Gasteiger partial charge in [0.2, 0.25) is 0 Å². The lowest BCUT2D eigenvalue weighted by molar-refractivity contribution is 0.0612. The van der Waals surface area contributed by atoms with Gasteiger partial charge >= 0.3 is 0 Å². The number of amides is 1. The number of aromatic nitrogens is 4. The van der Waals surface area contributed by atoms with Crippen LogP contribution in [0, 0.1) is 0 Å². The Morgan fingerprint density at radius 3 is 2.86 bits per heavy atom. The summed E-state index contributed by atoms with van der Waals surface area (Å²) < 4.78 is 7.24. The van der Waals surface area contributed by atoms with Crippen molar-refractivity contribution in [3.63, 3.8) is 0 Å². The monoisotopic (exact) mass is 417 g/mol. The molecule has 28 heavy (non-hydrogen) atoms.